The first-order valence-electron chi connectivity index (χ1n) is 9.03. The molecule has 0 radical (unpaired) electrons. The van der Waals surface area contributed by atoms with Crippen LogP contribution in [-0.2, 0) is 13.0 Å². The molecule has 0 aliphatic rings. The third kappa shape index (κ3) is 5.39. The molecule has 1 N–H and O–H groups in total. The topological polar surface area (TPSA) is 54.3 Å². The summed E-state index contributed by atoms with van der Waals surface area (Å²) in [6.45, 7) is 0.456. The van der Waals surface area contributed by atoms with Crippen LogP contribution < -0.4 is 14.8 Å². The maximum Gasteiger partial charge on any atom is 0.161 e. The summed E-state index contributed by atoms with van der Waals surface area (Å²) in [7, 11) is 1.62. The van der Waals surface area contributed by atoms with E-state index in [0.717, 1.165) is 16.8 Å². The summed E-state index contributed by atoms with van der Waals surface area (Å²) >= 11 is 0. The van der Waals surface area contributed by atoms with E-state index in [1.165, 1.54) is 0 Å². The summed E-state index contributed by atoms with van der Waals surface area (Å²) in [5.74, 6) is 1.33. The highest BCUT2D eigenvalue weighted by molar-refractivity contribution is 5.48. The molecule has 0 atom stereocenters. The average Bonchev–Trinajstić information content (AvgIpc) is 2.76. The number of methoxy groups -OCH3 is 1. The van der Waals surface area contributed by atoms with Gasteiger partial charge < -0.3 is 14.8 Å². The summed E-state index contributed by atoms with van der Waals surface area (Å²) < 4.78 is 11.4. The minimum Gasteiger partial charge on any atom is -0.493 e. The molecule has 0 aliphatic heterocycles. The minimum absolute atomic E-state index is 0.456. The zero-order valence-corrected chi connectivity index (χ0v) is 15.8. The van der Waals surface area contributed by atoms with E-state index in [9.17, 15) is 5.26 Å². The Bertz CT molecular complexity index is 961. The van der Waals surface area contributed by atoms with Gasteiger partial charge in [0.15, 0.2) is 11.5 Å². The van der Waals surface area contributed by atoms with Gasteiger partial charge in [-0.05, 0) is 35.4 Å². The highest BCUT2D eigenvalue weighted by Gasteiger charge is 2.08. The van der Waals surface area contributed by atoms with Crippen LogP contribution in [0, 0.1) is 11.3 Å². The number of allylic oxidation sites excluding steroid dienone is 1. The van der Waals surface area contributed by atoms with Gasteiger partial charge in [-0.1, -0.05) is 54.6 Å². The molecule has 140 valence electrons. The quantitative estimate of drug-likeness (QED) is 0.544. The van der Waals surface area contributed by atoms with Crippen molar-refractivity contribution in [2.75, 3.05) is 12.4 Å². The fourth-order valence-electron chi connectivity index (χ4n) is 2.73. The number of para-hydroxylation sites is 1. The second-order valence-electron chi connectivity index (χ2n) is 6.23. The fraction of sp³-hybridized carbons (Fsp3) is 0.125. The van der Waals surface area contributed by atoms with E-state index < -0.39 is 0 Å². The maximum absolute atomic E-state index is 9.47. The van der Waals surface area contributed by atoms with Gasteiger partial charge in [0.25, 0.3) is 0 Å². The van der Waals surface area contributed by atoms with E-state index in [4.69, 9.17) is 9.47 Å². The van der Waals surface area contributed by atoms with Crippen LogP contribution in [0.4, 0.5) is 5.69 Å². The van der Waals surface area contributed by atoms with Gasteiger partial charge >= 0.3 is 0 Å². The van der Waals surface area contributed by atoms with Crippen molar-refractivity contribution >= 4 is 5.69 Å². The molecule has 4 heteroatoms. The molecule has 0 bridgehead atoms. The molecule has 0 aromatic heterocycles. The molecule has 0 heterocycles. The molecule has 0 unspecified atom stereocenters. The van der Waals surface area contributed by atoms with E-state index in [-0.39, 0.29) is 0 Å². The van der Waals surface area contributed by atoms with E-state index in [2.05, 4.69) is 11.4 Å². The third-order valence-corrected chi connectivity index (χ3v) is 4.19. The van der Waals surface area contributed by atoms with Gasteiger partial charge in [0.1, 0.15) is 6.61 Å². The summed E-state index contributed by atoms with van der Waals surface area (Å²) in [6, 6.07) is 27.7. The van der Waals surface area contributed by atoms with Gasteiger partial charge in [-0.3, -0.25) is 0 Å². The van der Waals surface area contributed by atoms with Gasteiger partial charge in [0.05, 0.1) is 13.2 Å². The van der Waals surface area contributed by atoms with Gasteiger partial charge in [-0.2, -0.15) is 5.26 Å². The maximum atomic E-state index is 9.47. The van der Waals surface area contributed by atoms with Crippen LogP contribution in [-0.4, -0.2) is 7.11 Å². The van der Waals surface area contributed by atoms with Crippen molar-refractivity contribution in [3.8, 4) is 17.6 Å². The Morgan fingerprint density at radius 1 is 0.929 bits per heavy atom. The van der Waals surface area contributed by atoms with Gasteiger partial charge in [-0.15, -0.1) is 0 Å². The second kappa shape index (κ2) is 9.84. The monoisotopic (exact) mass is 370 g/mol. The number of ether oxygens (including phenoxy) is 2. The lowest BCUT2D eigenvalue weighted by molar-refractivity contribution is 0.284. The Morgan fingerprint density at radius 3 is 2.32 bits per heavy atom. The zero-order valence-electron chi connectivity index (χ0n) is 15.8. The standard InChI is InChI=1S/C24H22N2O2/c1-27-23-13-12-20(15-24(23)28-18-19-8-4-2-5-9-19)14-21(16-25)17-26-22-10-6-3-7-11-22/h2-13,15,17,26H,14,18H2,1H3. The molecular weight excluding hydrogens is 348 g/mol. The number of nitrogens with one attached hydrogen (secondary N) is 1. The van der Waals surface area contributed by atoms with Gasteiger partial charge in [0, 0.05) is 23.9 Å². The van der Waals surface area contributed by atoms with Crippen LogP contribution in [0.25, 0.3) is 0 Å². The number of anilines is 1. The van der Waals surface area contributed by atoms with Crippen molar-refractivity contribution in [2.24, 2.45) is 0 Å². The molecule has 0 amide bonds. The van der Waals surface area contributed by atoms with E-state index in [0.29, 0.717) is 30.1 Å². The SMILES string of the molecule is COc1ccc(CC(C#N)=CNc2ccccc2)cc1OCc1ccccc1. The predicted molar refractivity (Wildman–Crippen MR) is 111 cm³/mol. The molecule has 0 aliphatic carbocycles. The number of hydrogen-bond acceptors (Lipinski definition) is 4. The van der Waals surface area contributed by atoms with Gasteiger partial charge in [-0.25, -0.2) is 0 Å². The highest BCUT2D eigenvalue weighted by atomic mass is 16.5. The largest absolute Gasteiger partial charge is 0.493 e. The third-order valence-electron chi connectivity index (χ3n) is 4.19. The molecular formula is C24H22N2O2. The summed E-state index contributed by atoms with van der Waals surface area (Å²) in [5, 5.41) is 12.6. The molecule has 4 nitrogen and oxygen atoms in total. The minimum atomic E-state index is 0.456. The molecule has 0 spiro atoms. The van der Waals surface area contributed by atoms with Crippen molar-refractivity contribution in [3.05, 3.63) is 102 Å². The summed E-state index contributed by atoms with van der Waals surface area (Å²) in [5.41, 5.74) is 3.63. The number of benzene rings is 3. The van der Waals surface area contributed by atoms with Crippen molar-refractivity contribution < 1.29 is 9.47 Å². The second-order valence-corrected chi connectivity index (χ2v) is 6.23. The van der Waals surface area contributed by atoms with Crippen LogP contribution in [0.2, 0.25) is 0 Å². The normalized spacial score (nSPS) is 10.8. The number of hydrogen-bond donors (Lipinski definition) is 1. The van der Waals surface area contributed by atoms with Crippen LogP contribution in [0.5, 0.6) is 11.5 Å². The first kappa shape index (κ1) is 19.1. The summed E-state index contributed by atoms with van der Waals surface area (Å²) in [6.07, 6.45) is 2.24. The smallest absolute Gasteiger partial charge is 0.161 e. The molecule has 28 heavy (non-hydrogen) atoms. The van der Waals surface area contributed by atoms with Crippen molar-refractivity contribution in [1.82, 2.24) is 0 Å². The van der Waals surface area contributed by atoms with Crippen LogP contribution in [0.1, 0.15) is 11.1 Å². The summed E-state index contributed by atoms with van der Waals surface area (Å²) in [4.78, 5) is 0. The predicted octanol–water partition coefficient (Wildman–Crippen LogP) is 5.34. The number of nitrogens with zero attached hydrogens (tertiary/aromatic N) is 1. The molecule has 3 aromatic rings. The first-order chi connectivity index (χ1) is 13.8. The Morgan fingerprint density at radius 2 is 1.64 bits per heavy atom. The number of nitriles is 1. The Hall–Kier alpha value is -3.71. The van der Waals surface area contributed by atoms with E-state index >= 15 is 0 Å². The highest BCUT2D eigenvalue weighted by Crippen LogP contribution is 2.29. The van der Waals surface area contributed by atoms with Crippen molar-refractivity contribution in [2.45, 2.75) is 13.0 Å². The van der Waals surface area contributed by atoms with E-state index in [1.54, 1.807) is 13.3 Å². The zero-order chi connectivity index (χ0) is 19.6. The van der Waals surface area contributed by atoms with Crippen molar-refractivity contribution in [1.29, 1.82) is 5.26 Å². The number of rotatable bonds is 8. The molecule has 3 rings (SSSR count). The van der Waals surface area contributed by atoms with Crippen molar-refractivity contribution in [3.63, 3.8) is 0 Å². The van der Waals surface area contributed by atoms with E-state index in [1.807, 2.05) is 78.9 Å². The lowest BCUT2D eigenvalue weighted by Gasteiger charge is -2.12. The Balaban J connectivity index is 1.71. The van der Waals surface area contributed by atoms with Crippen LogP contribution in [0.15, 0.2) is 90.6 Å². The Kier molecular flexibility index (Phi) is 6.70. The molecule has 3 aromatic carbocycles. The lowest BCUT2D eigenvalue weighted by atomic mass is 10.1. The fourth-order valence-corrected chi connectivity index (χ4v) is 2.73. The van der Waals surface area contributed by atoms with Gasteiger partial charge in [0.2, 0.25) is 0 Å². The molecule has 0 fully saturated rings. The molecule has 0 saturated heterocycles. The van der Waals surface area contributed by atoms with Crippen LogP contribution in [0.3, 0.4) is 0 Å². The Labute approximate surface area is 165 Å². The average molecular weight is 370 g/mol. The lowest BCUT2D eigenvalue weighted by Crippen LogP contribution is -1.99. The first-order valence-corrected chi connectivity index (χ1v) is 9.03. The van der Waals surface area contributed by atoms with Crippen LogP contribution >= 0.6 is 0 Å². The molecule has 0 saturated carbocycles.